The predicted octanol–water partition coefficient (Wildman–Crippen LogP) is 2.69. The molecule has 158 valence electrons. The third-order valence-electron chi connectivity index (χ3n) is 4.68. The van der Waals surface area contributed by atoms with E-state index in [2.05, 4.69) is 10.2 Å². The average Bonchev–Trinajstić information content (AvgIpc) is 2.70. The van der Waals surface area contributed by atoms with E-state index in [0.717, 1.165) is 31.6 Å². The Morgan fingerprint density at radius 1 is 1.28 bits per heavy atom. The Labute approximate surface area is 176 Å². The molecule has 0 aliphatic rings. The quantitative estimate of drug-likeness (QED) is 0.415. The highest BCUT2D eigenvalue weighted by Gasteiger charge is 2.13. The van der Waals surface area contributed by atoms with Gasteiger partial charge in [0.05, 0.1) is 23.8 Å². The average molecular weight is 422 g/mol. The van der Waals surface area contributed by atoms with Crippen LogP contribution in [0.25, 0.3) is 0 Å². The largest absolute Gasteiger partial charge is 0.507 e. The summed E-state index contributed by atoms with van der Waals surface area (Å²) in [5.41, 5.74) is 6.77. The molecule has 0 heterocycles. The Morgan fingerprint density at radius 2 is 2.03 bits per heavy atom. The Kier molecular flexibility index (Phi) is 8.57. The Morgan fingerprint density at radius 3 is 2.69 bits per heavy atom. The van der Waals surface area contributed by atoms with Crippen molar-refractivity contribution in [1.29, 1.82) is 0 Å². The number of carbonyl (C=O) groups is 1. The molecule has 0 fully saturated rings. The van der Waals surface area contributed by atoms with Gasteiger partial charge in [0.15, 0.2) is 0 Å². The number of aliphatic hydroxyl groups is 1. The number of hydrogen-bond acceptors (Lipinski definition) is 6. The molecule has 0 saturated heterocycles. The summed E-state index contributed by atoms with van der Waals surface area (Å²) in [5, 5.41) is 23.7. The number of aliphatic hydroxyl groups excluding tert-OH is 1. The maximum Gasteiger partial charge on any atom is 0.252 e. The number of nitrogens with two attached hydrogens (primary N) is 1. The third-order valence-corrected chi connectivity index (χ3v) is 4.98. The number of anilines is 1. The number of nitrogens with zero attached hydrogens (tertiary/aromatic N) is 1. The van der Waals surface area contributed by atoms with E-state index in [1.54, 1.807) is 13.2 Å². The maximum atomic E-state index is 11.3. The van der Waals surface area contributed by atoms with Crippen LogP contribution >= 0.6 is 11.6 Å². The van der Waals surface area contributed by atoms with Crippen LogP contribution in [-0.2, 0) is 0 Å². The highest BCUT2D eigenvalue weighted by molar-refractivity contribution is 6.32. The van der Waals surface area contributed by atoms with E-state index in [9.17, 15) is 15.0 Å². The lowest BCUT2D eigenvalue weighted by Crippen LogP contribution is -2.24. The molecule has 0 aliphatic carbocycles. The minimum absolute atomic E-state index is 0.00298. The van der Waals surface area contributed by atoms with Gasteiger partial charge < -0.3 is 30.9 Å². The van der Waals surface area contributed by atoms with Crippen molar-refractivity contribution in [1.82, 2.24) is 5.32 Å². The van der Waals surface area contributed by atoms with Crippen molar-refractivity contribution >= 4 is 23.2 Å². The molecule has 5 N–H and O–H groups in total. The summed E-state index contributed by atoms with van der Waals surface area (Å²) in [6.07, 6.45) is 1.11. The first-order valence-electron chi connectivity index (χ1n) is 9.39. The predicted molar refractivity (Wildman–Crippen MR) is 115 cm³/mol. The van der Waals surface area contributed by atoms with Gasteiger partial charge in [-0.05, 0) is 55.3 Å². The molecular formula is C21H28ClN3O4. The summed E-state index contributed by atoms with van der Waals surface area (Å²) in [4.78, 5) is 13.4. The van der Waals surface area contributed by atoms with Crippen LogP contribution in [0, 0.1) is 0 Å². The van der Waals surface area contributed by atoms with Crippen LogP contribution in [0.4, 0.5) is 5.69 Å². The van der Waals surface area contributed by atoms with Gasteiger partial charge in [0.2, 0.25) is 0 Å². The van der Waals surface area contributed by atoms with Gasteiger partial charge in [0, 0.05) is 25.8 Å². The number of carbonyl (C=O) groups excluding carboxylic acids is 1. The van der Waals surface area contributed by atoms with Crippen molar-refractivity contribution in [3.05, 3.63) is 52.5 Å². The Bertz CT molecular complexity index is 832. The molecule has 0 aliphatic heterocycles. The number of unbranched alkanes of at least 4 members (excludes halogenated alkanes) is 1. The summed E-state index contributed by atoms with van der Waals surface area (Å²) in [5.74, 6) is -0.265. The van der Waals surface area contributed by atoms with E-state index in [-0.39, 0.29) is 11.3 Å². The summed E-state index contributed by atoms with van der Waals surface area (Å²) in [6, 6.07) is 10.1. The van der Waals surface area contributed by atoms with E-state index < -0.39 is 12.0 Å². The molecule has 2 aromatic rings. The number of ether oxygens (including phenoxy) is 1. The lowest BCUT2D eigenvalue weighted by atomic mass is 10.0. The van der Waals surface area contributed by atoms with Crippen LogP contribution in [0.5, 0.6) is 11.5 Å². The van der Waals surface area contributed by atoms with Gasteiger partial charge in [-0.2, -0.15) is 0 Å². The van der Waals surface area contributed by atoms with E-state index in [1.165, 1.54) is 12.1 Å². The van der Waals surface area contributed by atoms with Gasteiger partial charge in [0.1, 0.15) is 11.5 Å². The van der Waals surface area contributed by atoms with Gasteiger partial charge in [0.25, 0.3) is 5.91 Å². The van der Waals surface area contributed by atoms with Gasteiger partial charge in [-0.3, -0.25) is 4.79 Å². The van der Waals surface area contributed by atoms with E-state index in [1.807, 2.05) is 25.2 Å². The van der Waals surface area contributed by atoms with Gasteiger partial charge in [-0.25, -0.2) is 0 Å². The van der Waals surface area contributed by atoms with E-state index >= 15 is 0 Å². The number of aromatic hydroxyl groups is 1. The fourth-order valence-corrected chi connectivity index (χ4v) is 3.19. The molecule has 0 radical (unpaired) electrons. The second-order valence-electron chi connectivity index (χ2n) is 6.81. The highest BCUT2D eigenvalue weighted by Crippen LogP contribution is 2.28. The number of benzene rings is 2. The van der Waals surface area contributed by atoms with E-state index in [0.29, 0.717) is 22.9 Å². The molecule has 1 atom stereocenters. The minimum atomic E-state index is -0.794. The minimum Gasteiger partial charge on any atom is -0.507 e. The number of nitrogens with one attached hydrogen (secondary N) is 1. The molecule has 0 spiro atoms. The number of halogens is 1. The second-order valence-corrected chi connectivity index (χ2v) is 7.22. The molecule has 1 amide bonds. The van der Waals surface area contributed by atoms with Crippen molar-refractivity contribution in [2.24, 2.45) is 5.73 Å². The lowest BCUT2D eigenvalue weighted by Gasteiger charge is -2.20. The van der Waals surface area contributed by atoms with Crippen LogP contribution in [0.3, 0.4) is 0 Å². The molecule has 0 aromatic heterocycles. The molecule has 2 aromatic carbocycles. The molecular weight excluding hydrogens is 394 g/mol. The normalized spacial score (nSPS) is 11.9. The topological polar surface area (TPSA) is 108 Å². The lowest BCUT2D eigenvalue weighted by molar-refractivity contribution is 0.0997. The fraction of sp³-hybridized carbons (Fsp3) is 0.381. The molecule has 0 bridgehead atoms. The molecule has 7 nitrogen and oxygen atoms in total. The molecule has 2 rings (SSSR count). The van der Waals surface area contributed by atoms with E-state index in [4.69, 9.17) is 22.1 Å². The summed E-state index contributed by atoms with van der Waals surface area (Å²) < 4.78 is 5.17. The zero-order valence-corrected chi connectivity index (χ0v) is 17.4. The van der Waals surface area contributed by atoms with Crippen LogP contribution in [0.2, 0.25) is 5.02 Å². The van der Waals surface area contributed by atoms with Crippen LogP contribution in [0.1, 0.15) is 34.9 Å². The second kappa shape index (κ2) is 10.9. The number of amides is 1. The van der Waals surface area contributed by atoms with Crippen molar-refractivity contribution in [3.8, 4) is 11.5 Å². The number of hydrogen-bond donors (Lipinski definition) is 4. The van der Waals surface area contributed by atoms with Crippen molar-refractivity contribution in [3.63, 3.8) is 0 Å². The number of phenols is 1. The Hall–Kier alpha value is -2.48. The van der Waals surface area contributed by atoms with Crippen LogP contribution in [0.15, 0.2) is 36.4 Å². The Balaban J connectivity index is 1.71. The molecule has 0 saturated carbocycles. The number of rotatable bonds is 11. The first-order chi connectivity index (χ1) is 13.8. The first kappa shape index (κ1) is 22.8. The molecule has 8 heteroatoms. The summed E-state index contributed by atoms with van der Waals surface area (Å²) in [6.45, 7) is 1.95. The molecule has 29 heavy (non-hydrogen) atoms. The van der Waals surface area contributed by atoms with Gasteiger partial charge in [-0.1, -0.05) is 17.7 Å². The fourth-order valence-electron chi connectivity index (χ4n) is 2.94. The van der Waals surface area contributed by atoms with Crippen molar-refractivity contribution in [2.75, 3.05) is 38.7 Å². The van der Waals surface area contributed by atoms with Crippen molar-refractivity contribution in [2.45, 2.75) is 18.9 Å². The monoisotopic (exact) mass is 421 g/mol. The highest BCUT2D eigenvalue weighted by atomic mass is 35.5. The molecule has 1 unspecified atom stereocenters. The van der Waals surface area contributed by atoms with Gasteiger partial charge in [-0.15, -0.1) is 0 Å². The summed E-state index contributed by atoms with van der Waals surface area (Å²) in [7, 11) is 3.60. The number of methoxy groups -OCH3 is 1. The SMILES string of the molecule is COc1ccc(N(C)CCCCNCC(O)c2ccc(O)c(C(N)=O)c2)cc1Cl. The third kappa shape index (κ3) is 6.52. The summed E-state index contributed by atoms with van der Waals surface area (Å²) >= 11 is 6.17. The number of primary amides is 1. The zero-order valence-electron chi connectivity index (χ0n) is 16.7. The first-order valence-corrected chi connectivity index (χ1v) is 9.77. The van der Waals surface area contributed by atoms with Crippen LogP contribution < -0.4 is 20.7 Å². The maximum absolute atomic E-state index is 11.3. The smallest absolute Gasteiger partial charge is 0.252 e. The van der Waals surface area contributed by atoms with Crippen LogP contribution in [-0.4, -0.2) is 49.9 Å². The van der Waals surface area contributed by atoms with Gasteiger partial charge >= 0.3 is 0 Å². The zero-order chi connectivity index (χ0) is 21.4. The van der Waals surface area contributed by atoms with Crippen molar-refractivity contribution < 1.29 is 19.7 Å². The standard InChI is InChI=1S/C21H28ClN3O4/c1-25(15-6-8-20(29-2)17(22)12-15)10-4-3-9-24-13-19(27)14-5-7-18(26)16(11-14)21(23)28/h5-8,11-12,19,24,26-27H,3-4,9-10,13H2,1-2H3,(H2,23,28).